The summed E-state index contributed by atoms with van der Waals surface area (Å²) in [5.41, 5.74) is 2.79. The van der Waals surface area contributed by atoms with E-state index in [2.05, 4.69) is 43.1 Å². The lowest BCUT2D eigenvalue weighted by Crippen LogP contribution is -2.39. The van der Waals surface area contributed by atoms with Gasteiger partial charge >= 0.3 is 0 Å². The molecule has 2 nitrogen and oxygen atoms in total. The molecule has 1 aromatic carbocycles. The van der Waals surface area contributed by atoms with Crippen molar-refractivity contribution in [2.24, 2.45) is 0 Å². The Morgan fingerprint density at radius 2 is 2.16 bits per heavy atom. The molecule has 1 fully saturated rings. The van der Waals surface area contributed by atoms with E-state index in [9.17, 15) is 0 Å². The van der Waals surface area contributed by atoms with E-state index >= 15 is 0 Å². The van der Waals surface area contributed by atoms with Crippen molar-refractivity contribution >= 4 is 17.3 Å². The van der Waals surface area contributed by atoms with E-state index in [1.54, 1.807) is 0 Å². The van der Waals surface area contributed by atoms with E-state index < -0.39 is 0 Å². The zero-order valence-corrected chi connectivity index (χ0v) is 13.1. The predicted molar refractivity (Wildman–Crippen MR) is 84.1 cm³/mol. The van der Waals surface area contributed by atoms with Crippen LogP contribution in [0, 0.1) is 0 Å². The molecule has 19 heavy (non-hydrogen) atoms. The highest BCUT2D eigenvalue weighted by Crippen LogP contribution is 2.37. The van der Waals surface area contributed by atoms with Crippen molar-refractivity contribution in [2.45, 2.75) is 52.1 Å². The highest BCUT2D eigenvalue weighted by molar-refractivity contribution is 6.31. The molecule has 1 saturated heterocycles. The van der Waals surface area contributed by atoms with Gasteiger partial charge in [0.05, 0.1) is 0 Å². The summed E-state index contributed by atoms with van der Waals surface area (Å²) < 4.78 is 0. The van der Waals surface area contributed by atoms with Crippen LogP contribution >= 0.6 is 11.6 Å². The van der Waals surface area contributed by atoms with Gasteiger partial charge in [-0.05, 0) is 51.8 Å². The highest BCUT2D eigenvalue weighted by atomic mass is 35.5. The van der Waals surface area contributed by atoms with E-state index in [1.807, 2.05) is 6.07 Å². The van der Waals surface area contributed by atoms with E-state index in [0.717, 1.165) is 31.1 Å². The van der Waals surface area contributed by atoms with Gasteiger partial charge in [0.25, 0.3) is 0 Å². The maximum absolute atomic E-state index is 6.41. The Hall–Kier alpha value is -0.730. The Morgan fingerprint density at radius 1 is 1.37 bits per heavy atom. The van der Waals surface area contributed by atoms with Gasteiger partial charge in [-0.1, -0.05) is 24.6 Å². The second kappa shape index (κ2) is 6.15. The lowest BCUT2D eigenvalue weighted by atomic mass is 10.0. The molecular formula is C16H25ClN2. The Kier molecular flexibility index (Phi) is 4.75. The third-order valence-corrected chi connectivity index (χ3v) is 4.37. The van der Waals surface area contributed by atoms with Crippen LogP contribution in [0.2, 0.25) is 5.02 Å². The van der Waals surface area contributed by atoms with Crippen LogP contribution in [0.5, 0.6) is 0 Å². The van der Waals surface area contributed by atoms with Gasteiger partial charge in [0.2, 0.25) is 0 Å². The summed E-state index contributed by atoms with van der Waals surface area (Å²) in [6.45, 7) is 9.86. The van der Waals surface area contributed by atoms with Gasteiger partial charge in [-0.3, -0.25) is 0 Å². The third-order valence-electron chi connectivity index (χ3n) is 4.01. The minimum Gasteiger partial charge on any atom is -0.366 e. The third kappa shape index (κ3) is 3.24. The maximum Gasteiger partial charge on any atom is 0.0471 e. The van der Waals surface area contributed by atoms with Crippen LogP contribution in [-0.4, -0.2) is 18.6 Å². The van der Waals surface area contributed by atoms with Crippen molar-refractivity contribution in [3.8, 4) is 0 Å². The molecule has 0 amide bonds. The normalized spacial score (nSPS) is 18.0. The Bertz CT molecular complexity index is 429. The average Bonchev–Trinajstić information content (AvgIpc) is 2.71. The molecule has 106 valence electrons. The largest absolute Gasteiger partial charge is 0.366 e. The predicted octanol–water partition coefficient (Wildman–Crippen LogP) is 4.22. The van der Waals surface area contributed by atoms with Gasteiger partial charge in [-0.2, -0.15) is 0 Å². The monoisotopic (exact) mass is 280 g/mol. The summed E-state index contributed by atoms with van der Waals surface area (Å²) in [6.07, 6.45) is 3.66. The molecule has 0 aromatic heterocycles. The van der Waals surface area contributed by atoms with E-state index in [4.69, 9.17) is 11.6 Å². The molecular weight excluding hydrogens is 256 g/mol. The highest BCUT2D eigenvalue weighted by Gasteiger charge is 2.33. The first-order valence-corrected chi connectivity index (χ1v) is 7.70. The van der Waals surface area contributed by atoms with Crippen molar-refractivity contribution in [2.75, 3.05) is 18.0 Å². The van der Waals surface area contributed by atoms with Gasteiger partial charge < -0.3 is 10.2 Å². The summed E-state index contributed by atoms with van der Waals surface area (Å²) in [7, 11) is 0. The number of rotatable bonds is 5. The lowest BCUT2D eigenvalue weighted by Gasteiger charge is -2.35. The topological polar surface area (TPSA) is 15.3 Å². The lowest BCUT2D eigenvalue weighted by molar-refractivity contribution is 0.516. The molecule has 0 bridgehead atoms. The van der Waals surface area contributed by atoms with Crippen LogP contribution in [0.4, 0.5) is 5.69 Å². The number of nitrogens with zero attached hydrogens (tertiary/aromatic N) is 1. The van der Waals surface area contributed by atoms with Crippen molar-refractivity contribution < 1.29 is 0 Å². The second-order valence-corrected chi connectivity index (χ2v) is 6.39. The fourth-order valence-corrected chi connectivity index (χ4v) is 3.16. The number of nitrogens with one attached hydrogen (secondary N) is 1. The van der Waals surface area contributed by atoms with Crippen LogP contribution in [0.25, 0.3) is 0 Å². The number of halogens is 1. The Labute approximate surface area is 122 Å². The van der Waals surface area contributed by atoms with Crippen molar-refractivity contribution in [3.63, 3.8) is 0 Å². The molecule has 1 aromatic rings. The van der Waals surface area contributed by atoms with Crippen LogP contribution < -0.4 is 10.2 Å². The quantitative estimate of drug-likeness (QED) is 0.813. The van der Waals surface area contributed by atoms with Crippen LogP contribution in [0.3, 0.4) is 0 Å². The minimum absolute atomic E-state index is 0.240. The van der Waals surface area contributed by atoms with Gasteiger partial charge in [0, 0.05) is 34.9 Å². The fourth-order valence-electron chi connectivity index (χ4n) is 2.92. The molecule has 1 aliphatic rings. The Balaban J connectivity index is 2.26. The fraction of sp³-hybridized carbons (Fsp3) is 0.625. The van der Waals surface area contributed by atoms with E-state index in [1.165, 1.54) is 24.1 Å². The summed E-state index contributed by atoms with van der Waals surface area (Å²) in [5, 5.41) is 4.35. The van der Waals surface area contributed by atoms with Gasteiger partial charge in [0.1, 0.15) is 0 Å². The van der Waals surface area contributed by atoms with Crippen molar-refractivity contribution in [3.05, 3.63) is 28.8 Å². The summed E-state index contributed by atoms with van der Waals surface area (Å²) >= 11 is 6.41. The molecule has 0 unspecified atom stereocenters. The van der Waals surface area contributed by atoms with E-state index in [0.29, 0.717) is 0 Å². The summed E-state index contributed by atoms with van der Waals surface area (Å²) in [4.78, 5) is 2.52. The SMILES string of the molecule is CCCNCc1c(Cl)cccc1N1CCCC1(C)C. The molecule has 3 heteroatoms. The first kappa shape index (κ1) is 14.7. The number of benzene rings is 1. The second-order valence-electron chi connectivity index (χ2n) is 5.98. The molecule has 1 N–H and O–H groups in total. The standard InChI is InChI=1S/C16H25ClN2/c1-4-10-18-12-13-14(17)7-5-8-15(13)19-11-6-9-16(19,2)3/h5,7-8,18H,4,6,9-12H2,1-3H3. The van der Waals surface area contributed by atoms with E-state index in [-0.39, 0.29) is 5.54 Å². The summed E-state index contributed by atoms with van der Waals surface area (Å²) in [6, 6.07) is 6.27. The van der Waals surface area contributed by atoms with Crippen molar-refractivity contribution in [1.82, 2.24) is 5.32 Å². The Morgan fingerprint density at radius 3 is 2.79 bits per heavy atom. The average molecular weight is 281 g/mol. The minimum atomic E-state index is 0.240. The molecule has 0 saturated carbocycles. The smallest absolute Gasteiger partial charge is 0.0471 e. The van der Waals surface area contributed by atoms with Gasteiger partial charge in [-0.25, -0.2) is 0 Å². The number of hydrogen-bond donors (Lipinski definition) is 1. The molecule has 0 spiro atoms. The zero-order chi connectivity index (χ0) is 13.9. The molecule has 2 rings (SSSR count). The van der Waals surface area contributed by atoms with Crippen molar-refractivity contribution in [1.29, 1.82) is 0 Å². The maximum atomic E-state index is 6.41. The van der Waals surface area contributed by atoms with Gasteiger partial charge in [0.15, 0.2) is 0 Å². The number of anilines is 1. The molecule has 0 atom stereocenters. The molecule has 1 aliphatic heterocycles. The van der Waals surface area contributed by atoms with Gasteiger partial charge in [-0.15, -0.1) is 0 Å². The molecule has 1 heterocycles. The summed E-state index contributed by atoms with van der Waals surface area (Å²) in [5.74, 6) is 0. The first-order chi connectivity index (χ1) is 9.06. The zero-order valence-electron chi connectivity index (χ0n) is 12.3. The molecule has 0 radical (unpaired) electrons. The number of hydrogen-bond acceptors (Lipinski definition) is 2. The first-order valence-electron chi connectivity index (χ1n) is 7.32. The van der Waals surface area contributed by atoms with Crippen LogP contribution in [0.1, 0.15) is 45.6 Å². The molecule has 0 aliphatic carbocycles. The van der Waals surface area contributed by atoms with Crippen LogP contribution in [-0.2, 0) is 6.54 Å². The van der Waals surface area contributed by atoms with Crippen LogP contribution in [0.15, 0.2) is 18.2 Å².